The zero-order valence-corrected chi connectivity index (χ0v) is 15.9. The Labute approximate surface area is 160 Å². The average molecular weight is 370 g/mol. The van der Waals surface area contributed by atoms with Crippen molar-refractivity contribution in [2.24, 2.45) is 0 Å². The molecule has 0 aliphatic carbocycles. The van der Waals surface area contributed by atoms with Crippen molar-refractivity contribution >= 4 is 29.3 Å². The van der Waals surface area contributed by atoms with Gasteiger partial charge in [-0.25, -0.2) is 0 Å². The van der Waals surface area contributed by atoms with E-state index in [4.69, 9.17) is 0 Å². The van der Waals surface area contributed by atoms with Crippen molar-refractivity contribution in [1.29, 1.82) is 0 Å². The molecule has 0 saturated heterocycles. The predicted molar refractivity (Wildman–Crippen MR) is 112 cm³/mol. The second-order valence-electron chi connectivity index (χ2n) is 5.80. The second kappa shape index (κ2) is 10.9. The lowest BCUT2D eigenvalue weighted by Gasteiger charge is -2.09. The summed E-state index contributed by atoms with van der Waals surface area (Å²) in [7, 11) is 0. The van der Waals surface area contributed by atoms with E-state index in [0.717, 1.165) is 25.9 Å². The molecule has 0 fully saturated rings. The van der Waals surface area contributed by atoms with Gasteiger partial charge in [0.1, 0.15) is 0 Å². The highest BCUT2D eigenvalue weighted by atomic mass is 35.5. The van der Waals surface area contributed by atoms with Crippen LogP contribution in [-0.2, 0) is 6.54 Å². The number of unbranched alkanes of at least 4 members (excludes halogenated alkanes) is 1. The van der Waals surface area contributed by atoms with E-state index in [9.17, 15) is 0 Å². The molecule has 0 unspecified atom stereocenters. The van der Waals surface area contributed by atoms with Gasteiger partial charge in [0.15, 0.2) is 0 Å². The van der Waals surface area contributed by atoms with Crippen LogP contribution in [0, 0.1) is 0 Å². The van der Waals surface area contributed by atoms with Gasteiger partial charge in [0.2, 0.25) is 0 Å². The van der Waals surface area contributed by atoms with Crippen molar-refractivity contribution in [3.05, 3.63) is 100 Å². The Bertz CT molecular complexity index is 695. The number of benzene rings is 2. The van der Waals surface area contributed by atoms with Crippen molar-refractivity contribution in [3.8, 4) is 0 Å². The summed E-state index contributed by atoms with van der Waals surface area (Å²) in [5, 5.41) is 7.85. The van der Waals surface area contributed by atoms with Crippen LogP contribution >= 0.6 is 23.7 Å². The summed E-state index contributed by atoms with van der Waals surface area (Å²) < 4.78 is 0. The highest BCUT2D eigenvalue weighted by molar-refractivity contribution is 7.07. The van der Waals surface area contributed by atoms with Gasteiger partial charge in [0, 0.05) is 6.54 Å². The molecule has 3 rings (SSSR count). The minimum Gasteiger partial charge on any atom is -0.313 e. The van der Waals surface area contributed by atoms with Crippen LogP contribution in [0.3, 0.4) is 0 Å². The number of hydrogen-bond donors (Lipinski definition) is 1. The van der Waals surface area contributed by atoms with E-state index < -0.39 is 0 Å². The number of thiophene rings is 1. The highest BCUT2D eigenvalue weighted by Crippen LogP contribution is 2.23. The van der Waals surface area contributed by atoms with Crippen LogP contribution in [0.4, 0.5) is 0 Å². The first-order valence-electron chi connectivity index (χ1n) is 8.46. The second-order valence-corrected chi connectivity index (χ2v) is 6.58. The lowest BCUT2D eigenvalue weighted by atomic mass is 9.96. The Morgan fingerprint density at radius 1 is 0.880 bits per heavy atom. The number of nitrogens with one attached hydrogen (secondary N) is 1. The standard InChI is InChI=1S/C22H23NS.ClH/c1-3-9-20(10-4-1)22(21-11-5-2-6-12-21)13-7-8-15-23-17-19-14-16-24-18-19;/h1-6,9-14,16,18,23H,7-8,15,17H2;1H. The maximum atomic E-state index is 3.52. The van der Waals surface area contributed by atoms with Gasteiger partial charge in [-0.2, -0.15) is 11.3 Å². The number of hydrogen-bond acceptors (Lipinski definition) is 2. The molecule has 0 spiro atoms. The average Bonchev–Trinajstić information content (AvgIpc) is 3.16. The van der Waals surface area contributed by atoms with Gasteiger partial charge in [-0.15, -0.1) is 12.4 Å². The van der Waals surface area contributed by atoms with Crippen molar-refractivity contribution in [2.45, 2.75) is 19.4 Å². The lowest BCUT2D eigenvalue weighted by Crippen LogP contribution is -2.13. The Kier molecular flexibility index (Phi) is 8.47. The van der Waals surface area contributed by atoms with Gasteiger partial charge < -0.3 is 5.32 Å². The minimum atomic E-state index is 0. The zero-order valence-electron chi connectivity index (χ0n) is 14.2. The first-order chi connectivity index (χ1) is 11.9. The molecular formula is C22H24ClNS. The summed E-state index contributed by atoms with van der Waals surface area (Å²) in [6.07, 6.45) is 4.60. The first-order valence-corrected chi connectivity index (χ1v) is 9.40. The summed E-state index contributed by atoms with van der Waals surface area (Å²) >= 11 is 1.76. The molecule has 1 aromatic heterocycles. The monoisotopic (exact) mass is 369 g/mol. The van der Waals surface area contributed by atoms with Crippen molar-refractivity contribution in [2.75, 3.05) is 6.54 Å². The predicted octanol–water partition coefficient (Wildman–Crippen LogP) is 6.17. The van der Waals surface area contributed by atoms with E-state index in [2.05, 4.69) is 88.9 Å². The number of halogens is 1. The van der Waals surface area contributed by atoms with Crippen LogP contribution in [-0.4, -0.2) is 6.54 Å². The van der Waals surface area contributed by atoms with Crippen molar-refractivity contribution in [1.82, 2.24) is 5.32 Å². The zero-order chi connectivity index (χ0) is 16.5. The fourth-order valence-corrected chi connectivity index (χ4v) is 3.41. The molecule has 0 aliphatic rings. The third-order valence-corrected chi connectivity index (χ3v) is 4.72. The van der Waals surface area contributed by atoms with Crippen LogP contribution in [0.2, 0.25) is 0 Å². The quantitative estimate of drug-likeness (QED) is 0.468. The molecule has 25 heavy (non-hydrogen) atoms. The van der Waals surface area contributed by atoms with E-state index in [0.29, 0.717) is 0 Å². The van der Waals surface area contributed by atoms with E-state index >= 15 is 0 Å². The molecule has 130 valence electrons. The molecule has 0 saturated carbocycles. The third-order valence-electron chi connectivity index (χ3n) is 3.98. The summed E-state index contributed by atoms with van der Waals surface area (Å²) in [6, 6.07) is 23.5. The molecule has 3 heteroatoms. The first kappa shape index (κ1) is 19.5. The van der Waals surface area contributed by atoms with Gasteiger partial charge in [-0.05, 0) is 58.5 Å². The maximum Gasteiger partial charge on any atom is 0.0213 e. The topological polar surface area (TPSA) is 12.0 Å². The Balaban J connectivity index is 0.00000225. The van der Waals surface area contributed by atoms with Crippen LogP contribution in [0.25, 0.3) is 5.57 Å². The molecule has 0 amide bonds. The van der Waals surface area contributed by atoms with Crippen molar-refractivity contribution < 1.29 is 0 Å². The molecule has 0 bridgehead atoms. The minimum absolute atomic E-state index is 0. The Hall–Kier alpha value is -1.87. The fourth-order valence-electron chi connectivity index (χ4n) is 2.74. The molecule has 0 radical (unpaired) electrons. The van der Waals surface area contributed by atoms with Crippen LogP contribution in [0.15, 0.2) is 83.6 Å². The van der Waals surface area contributed by atoms with Crippen LogP contribution < -0.4 is 5.32 Å². The normalized spacial score (nSPS) is 10.1. The largest absolute Gasteiger partial charge is 0.313 e. The number of allylic oxidation sites excluding steroid dienone is 1. The Morgan fingerprint density at radius 3 is 2.08 bits per heavy atom. The summed E-state index contributed by atoms with van der Waals surface area (Å²) in [6.45, 7) is 2.01. The third kappa shape index (κ3) is 6.17. The molecule has 0 atom stereocenters. The SMILES string of the molecule is C(CCCNCc1ccsc1)=C(c1ccccc1)c1ccccc1.Cl. The van der Waals surface area contributed by atoms with E-state index in [1.54, 1.807) is 11.3 Å². The van der Waals surface area contributed by atoms with Crippen LogP contribution in [0.1, 0.15) is 29.5 Å². The van der Waals surface area contributed by atoms with E-state index in [-0.39, 0.29) is 12.4 Å². The van der Waals surface area contributed by atoms with Crippen LogP contribution in [0.5, 0.6) is 0 Å². The van der Waals surface area contributed by atoms with Gasteiger partial charge in [-0.3, -0.25) is 0 Å². The lowest BCUT2D eigenvalue weighted by molar-refractivity contribution is 0.656. The van der Waals surface area contributed by atoms with Gasteiger partial charge in [0.25, 0.3) is 0 Å². The van der Waals surface area contributed by atoms with E-state index in [1.807, 2.05) is 0 Å². The molecule has 1 heterocycles. The Morgan fingerprint density at radius 2 is 1.52 bits per heavy atom. The molecule has 0 aliphatic heterocycles. The molecular weight excluding hydrogens is 346 g/mol. The van der Waals surface area contributed by atoms with Crippen molar-refractivity contribution in [3.63, 3.8) is 0 Å². The van der Waals surface area contributed by atoms with Gasteiger partial charge >= 0.3 is 0 Å². The fraction of sp³-hybridized carbons (Fsp3) is 0.182. The molecule has 3 aromatic rings. The van der Waals surface area contributed by atoms with E-state index in [1.165, 1.54) is 22.3 Å². The summed E-state index contributed by atoms with van der Waals surface area (Å²) in [4.78, 5) is 0. The highest BCUT2D eigenvalue weighted by Gasteiger charge is 2.03. The molecule has 1 N–H and O–H groups in total. The number of rotatable bonds is 8. The molecule has 1 nitrogen and oxygen atoms in total. The smallest absolute Gasteiger partial charge is 0.0213 e. The maximum absolute atomic E-state index is 3.52. The van der Waals surface area contributed by atoms with Gasteiger partial charge in [0.05, 0.1) is 0 Å². The van der Waals surface area contributed by atoms with Gasteiger partial charge in [-0.1, -0.05) is 66.7 Å². The summed E-state index contributed by atoms with van der Waals surface area (Å²) in [5.41, 5.74) is 5.28. The summed E-state index contributed by atoms with van der Waals surface area (Å²) in [5.74, 6) is 0. The molecule has 2 aromatic carbocycles.